The topological polar surface area (TPSA) is 88.7 Å². The lowest BCUT2D eigenvalue weighted by molar-refractivity contribution is 0.210. The second-order valence-corrected chi connectivity index (χ2v) is 6.92. The van der Waals surface area contributed by atoms with Gasteiger partial charge in [-0.15, -0.1) is 0 Å². The molecule has 0 amide bonds. The monoisotopic (exact) mass is 400 g/mol. The van der Waals surface area contributed by atoms with Crippen LogP contribution in [-0.2, 0) is 6.54 Å². The molecule has 1 aliphatic heterocycles. The van der Waals surface area contributed by atoms with Crippen LogP contribution in [0.25, 0.3) is 0 Å². The zero-order chi connectivity index (χ0) is 20.6. The summed E-state index contributed by atoms with van der Waals surface area (Å²) in [4.78, 5) is 20.4. The van der Waals surface area contributed by atoms with Crippen LogP contribution in [0.1, 0.15) is 18.4 Å². The van der Waals surface area contributed by atoms with Gasteiger partial charge in [0, 0.05) is 31.7 Å². The Hall–Kier alpha value is -3.00. The molecule has 1 saturated heterocycles. The summed E-state index contributed by atoms with van der Waals surface area (Å²) in [6.45, 7) is 6.89. The normalized spacial score (nSPS) is 15.0. The molecule has 156 valence electrons. The Labute approximate surface area is 170 Å². The number of nitrogens with one attached hydrogen (secondary N) is 2. The van der Waals surface area contributed by atoms with E-state index in [4.69, 9.17) is 14.2 Å². The summed E-state index contributed by atoms with van der Waals surface area (Å²) in [5.41, 5.74) is 0.762. The largest absolute Gasteiger partial charge is 0.493 e. The lowest BCUT2D eigenvalue weighted by Gasteiger charge is -2.32. The zero-order valence-corrected chi connectivity index (χ0v) is 16.9. The summed E-state index contributed by atoms with van der Waals surface area (Å²) in [5, 5.41) is 3.38. The van der Waals surface area contributed by atoms with Crippen LogP contribution in [0, 0.1) is 0 Å². The van der Waals surface area contributed by atoms with Gasteiger partial charge in [0.1, 0.15) is 12.4 Å². The predicted molar refractivity (Wildman–Crippen MR) is 112 cm³/mol. The molecule has 0 atom stereocenters. The molecule has 0 unspecified atom stereocenters. The van der Waals surface area contributed by atoms with Crippen LogP contribution >= 0.6 is 0 Å². The van der Waals surface area contributed by atoms with Gasteiger partial charge < -0.3 is 19.5 Å². The minimum Gasteiger partial charge on any atom is -0.493 e. The van der Waals surface area contributed by atoms with Crippen molar-refractivity contribution in [1.82, 2.24) is 14.9 Å². The first-order chi connectivity index (χ1) is 14.1. The number of H-pyrrole nitrogens is 1. The highest BCUT2D eigenvalue weighted by Crippen LogP contribution is 2.29. The molecule has 0 radical (unpaired) electrons. The van der Waals surface area contributed by atoms with Gasteiger partial charge in [0.15, 0.2) is 11.5 Å². The van der Waals surface area contributed by atoms with Crippen molar-refractivity contribution >= 4 is 5.82 Å². The fourth-order valence-electron chi connectivity index (χ4n) is 3.41. The van der Waals surface area contributed by atoms with Gasteiger partial charge in [-0.1, -0.05) is 18.7 Å². The molecule has 3 rings (SSSR count). The van der Waals surface area contributed by atoms with E-state index in [9.17, 15) is 4.79 Å². The number of likely N-dealkylation sites (tertiary alicyclic amines) is 1. The first kappa shape index (κ1) is 20.7. The van der Waals surface area contributed by atoms with Crippen LogP contribution in [0.5, 0.6) is 17.4 Å². The number of hydrogen-bond donors (Lipinski definition) is 2. The predicted octanol–water partition coefficient (Wildman–Crippen LogP) is 2.43. The van der Waals surface area contributed by atoms with Gasteiger partial charge >= 0.3 is 5.69 Å². The molecule has 1 fully saturated rings. The molecule has 1 aliphatic rings. The fraction of sp³-hybridized carbons (Fsp3) is 0.429. The van der Waals surface area contributed by atoms with E-state index in [-0.39, 0.29) is 6.04 Å². The van der Waals surface area contributed by atoms with Crippen molar-refractivity contribution in [2.24, 2.45) is 0 Å². The highest BCUT2D eigenvalue weighted by molar-refractivity contribution is 5.43. The van der Waals surface area contributed by atoms with Gasteiger partial charge in [-0.25, -0.2) is 4.79 Å². The highest BCUT2D eigenvalue weighted by Gasteiger charge is 2.20. The van der Waals surface area contributed by atoms with E-state index in [1.165, 1.54) is 12.7 Å². The maximum atomic E-state index is 11.6. The van der Waals surface area contributed by atoms with E-state index in [0.29, 0.717) is 18.3 Å². The highest BCUT2D eigenvalue weighted by atomic mass is 16.5. The molecule has 0 saturated carbocycles. The molecular formula is C21H28N4O4. The molecule has 2 N–H and O–H groups in total. The minimum atomic E-state index is -0.418. The minimum absolute atomic E-state index is 0.288. The summed E-state index contributed by atoms with van der Waals surface area (Å²) in [6.07, 6.45) is 3.67. The van der Waals surface area contributed by atoms with Crippen LogP contribution < -0.4 is 25.2 Å². The number of benzene rings is 1. The van der Waals surface area contributed by atoms with E-state index >= 15 is 0 Å². The summed E-state index contributed by atoms with van der Waals surface area (Å²) in [7, 11) is 3.14. The Kier molecular flexibility index (Phi) is 7.13. The zero-order valence-electron chi connectivity index (χ0n) is 16.9. The molecule has 1 aromatic carbocycles. The standard InChI is InChI=1S/C21H28N4O4/c1-4-11-29-18-12-15(5-6-17(18)27-2)14-25-9-7-16(8-10-25)22-19-13-20(28-3)24-21(26)23-19/h4-6,12-13,16H,1,7-11,14H2,2-3H3,(H2,22,23,24,26). The summed E-state index contributed by atoms with van der Waals surface area (Å²) in [5.74, 6) is 2.40. The molecule has 0 aliphatic carbocycles. The number of methoxy groups -OCH3 is 2. The molecule has 29 heavy (non-hydrogen) atoms. The number of nitrogens with zero attached hydrogens (tertiary/aromatic N) is 2. The molecule has 8 heteroatoms. The van der Waals surface area contributed by atoms with Crippen LogP contribution in [0.4, 0.5) is 5.82 Å². The van der Waals surface area contributed by atoms with Crippen molar-refractivity contribution in [3.05, 3.63) is 53.0 Å². The number of rotatable bonds is 9. The summed E-state index contributed by atoms with van der Waals surface area (Å²) in [6, 6.07) is 8.03. The number of hydrogen-bond acceptors (Lipinski definition) is 7. The molecule has 0 bridgehead atoms. The van der Waals surface area contributed by atoms with Crippen molar-refractivity contribution in [2.45, 2.75) is 25.4 Å². The van der Waals surface area contributed by atoms with Crippen molar-refractivity contribution in [1.29, 1.82) is 0 Å². The lowest BCUT2D eigenvalue weighted by Crippen LogP contribution is -2.39. The molecule has 1 aromatic heterocycles. The second kappa shape index (κ2) is 9.97. The quantitative estimate of drug-likeness (QED) is 0.625. The fourth-order valence-corrected chi connectivity index (χ4v) is 3.41. The maximum absolute atomic E-state index is 11.6. The van der Waals surface area contributed by atoms with Crippen molar-refractivity contribution in [3.8, 4) is 17.4 Å². The average Bonchev–Trinajstić information content (AvgIpc) is 2.73. The summed E-state index contributed by atoms with van der Waals surface area (Å²) >= 11 is 0. The number of anilines is 1. The van der Waals surface area contributed by atoms with Crippen LogP contribution in [0.15, 0.2) is 41.7 Å². The lowest BCUT2D eigenvalue weighted by atomic mass is 10.0. The molecule has 2 heterocycles. The Balaban J connectivity index is 1.55. The molecular weight excluding hydrogens is 372 g/mol. The van der Waals surface area contributed by atoms with Gasteiger partial charge in [-0.3, -0.25) is 9.88 Å². The number of aromatic nitrogens is 2. The van der Waals surface area contributed by atoms with Crippen molar-refractivity contribution < 1.29 is 14.2 Å². The SMILES string of the molecule is C=CCOc1cc(CN2CCC(Nc3cc(OC)nc(=O)[nH]3)CC2)ccc1OC. The van der Waals surface area contributed by atoms with Gasteiger partial charge in [0.2, 0.25) is 5.88 Å². The molecule has 2 aromatic rings. The molecule has 8 nitrogen and oxygen atoms in total. The first-order valence-electron chi connectivity index (χ1n) is 9.66. The maximum Gasteiger partial charge on any atom is 0.349 e. The number of aromatic amines is 1. The smallest absolute Gasteiger partial charge is 0.349 e. The number of piperidine rings is 1. The van der Waals surface area contributed by atoms with Gasteiger partial charge in [0.25, 0.3) is 0 Å². The Morgan fingerprint density at radius 3 is 2.72 bits per heavy atom. The van der Waals surface area contributed by atoms with Gasteiger partial charge in [0.05, 0.1) is 14.2 Å². The van der Waals surface area contributed by atoms with Gasteiger partial charge in [-0.2, -0.15) is 4.98 Å². The van der Waals surface area contributed by atoms with Crippen molar-refractivity contribution in [2.75, 3.05) is 39.2 Å². The third-order valence-electron chi connectivity index (χ3n) is 4.87. The Morgan fingerprint density at radius 2 is 2.03 bits per heavy atom. The third kappa shape index (κ3) is 5.74. The number of ether oxygens (including phenoxy) is 3. The second-order valence-electron chi connectivity index (χ2n) is 6.92. The first-order valence-corrected chi connectivity index (χ1v) is 9.66. The Morgan fingerprint density at radius 1 is 1.24 bits per heavy atom. The van der Waals surface area contributed by atoms with Crippen molar-refractivity contribution in [3.63, 3.8) is 0 Å². The van der Waals surface area contributed by atoms with E-state index in [0.717, 1.165) is 44.0 Å². The van der Waals surface area contributed by atoms with Gasteiger partial charge in [-0.05, 0) is 30.5 Å². The van der Waals surface area contributed by atoms with E-state index in [2.05, 4.69) is 32.8 Å². The third-order valence-corrected chi connectivity index (χ3v) is 4.87. The van der Waals surface area contributed by atoms with Crippen LogP contribution in [0.2, 0.25) is 0 Å². The summed E-state index contributed by atoms with van der Waals surface area (Å²) < 4.78 is 16.1. The Bertz CT molecular complexity index is 875. The van der Waals surface area contributed by atoms with Crippen LogP contribution in [-0.4, -0.2) is 54.8 Å². The van der Waals surface area contributed by atoms with E-state index < -0.39 is 5.69 Å². The average molecular weight is 400 g/mol. The van der Waals surface area contributed by atoms with E-state index in [1.807, 2.05) is 12.1 Å². The van der Waals surface area contributed by atoms with E-state index in [1.54, 1.807) is 19.3 Å². The van der Waals surface area contributed by atoms with Crippen LogP contribution in [0.3, 0.4) is 0 Å². The molecule has 0 spiro atoms.